The quantitative estimate of drug-likeness (QED) is 0.638. The minimum Gasteiger partial charge on any atom is -0.460 e. The van der Waals surface area contributed by atoms with Crippen LogP contribution in [0.3, 0.4) is 0 Å². The topological polar surface area (TPSA) is 26.3 Å². The van der Waals surface area contributed by atoms with E-state index in [1.165, 1.54) is 5.57 Å². The van der Waals surface area contributed by atoms with E-state index in [2.05, 4.69) is 12.7 Å². The van der Waals surface area contributed by atoms with Gasteiger partial charge in [-0.2, -0.15) is 0 Å². The van der Waals surface area contributed by atoms with Gasteiger partial charge in [0.25, 0.3) is 0 Å². The number of esters is 1. The summed E-state index contributed by atoms with van der Waals surface area (Å²) in [6, 6.07) is 0. The van der Waals surface area contributed by atoms with Crippen molar-refractivity contribution < 1.29 is 9.53 Å². The fourth-order valence-corrected chi connectivity index (χ4v) is 3.37. The summed E-state index contributed by atoms with van der Waals surface area (Å²) in [5.41, 5.74) is 1.88. The Morgan fingerprint density at radius 1 is 1.50 bits per heavy atom. The highest BCUT2D eigenvalue weighted by Gasteiger charge is 2.61. The van der Waals surface area contributed by atoms with Gasteiger partial charge in [-0.25, -0.2) is 0 Å². The molecule has 0 N–H and O–H groups in total. The largest absolute Gasteiger partial charge is 0.460 e. The fraction of sp³-hybridized carbons (Fsp3) is 0.632. The van der Waals surface area contributed by atoms with Gasteiger partial charge < -0.3 is 4.74 Å². The van der Waals surface area contributed by atoms with Crippen LogP contribution in [0.4, 0.5) is 0 Å². The van der Waals surface area contributed by atoms with E-state index in [1.54, 1.807) is 0 Å². The van der Waals surface area contributed by atoms with Gasteiger partial charge in [-0.05, 0) is 70.1 Å². The van der Waals surface area contributed by atoms with Gasteiger partial charge in [0.2, 0.25) is 0 Å². The lowest BCUT2D eigenvalue weighted by molar-refractivity contribution is -0.157. The zero-order chi connectivity index (χ0) is 16.5. The van der Waals surface area contributed by atoms with E-state index in [1.807, 2.05) is 33.8 Å². The van der Waals surface area contributed by atoms with Crippen LogP contribution in [-0.4, -0.2) is 11.6 Å². The Balaban J connectivity index is 2.11. The lowest BCUT2D eigenvalue weighted by Gasteiger charge is -2.29. The molecule has 2 saturated carbocycles. The van der Waals surface area contributed by atoms with E-state index in [0.717, 1.165) is 42.7 Å². The van der Waals surface area contributed by atoms with Crippen molar-refractivity contribution in [1.82, 2.24) is 0 Å². The second-order valence-electron chi connectivity index (χ2n) is 7.44. The molecular weight excluding hydrogens is 296 g/mol. The van der Waals surface area contributed by atoms with E-state index in [0.29, 0.717) is 0 Å². The van der Waals surface area contributed by atoms with E-state index < -0.39 is 5.60 Å². The van der Waals surface area contributed by atoms with Crippen LogP contribution in [0.1, 0.15) is 59.8 Å². The molecule has 0 saturated heterocycles. The minimum atomic E-state index is -0.424. The molecule has 0 aromatic carbocycles. The zero-order valence-electron chi connectivity index (χ0n) is 14.2. The molecule has 122 valence electrons. The first-order valence-corrected chi connectivity index (χ1v) is 8.55. The van der Waals surface area contributed by atoms with Gasteiger partial charge in [-0.3, -0.25) is 4.79 Å². The number of rotatable bonds is 3. The third-order valence-electron chi connectivity index (χ3n) is 4.63. The third kappa shape index (κ3) is 3.65. The van der Waals surface area contributed by atoms with Crippen molar-refractivity contribution in [2.45, 2.75) is 65.4 Å². The maximum atomic E-state index is 12.3. The first kappa shape index (κ1) is 17.3. The summed E-state index contributed by atoms with van der Waals surface area (Å²) in [5, 5.41) is 0.847. The van der Waals surface area contributed by atoms with Crippen molar-refractivity contribution in [1.29, 1.82) is 0 Å². The molecule has 0 heterocycles. The van der Waals surface area contributed by atoms with Gasteiger partial charge in [0, 0.05) is 10.4 Å². The Hall–Kier alpha value is -1.02. The Morgan fingerprint density at radius 3 is 2.77 bits per heavy atom. The van der Waals surface area contributed by atoms with Crippen LogP contribution in [-0.2, 0) is 9.53 Å². The average molecular weight is 323 g/mol. The summed E-state index contributed by atoms with van der Waals surface area (Å²) in [6.45, 7) is 12.1. The van der Waals surface area contributed by atoms with Gasteiger partial charge in [0.15, 0.2) is 0 Å². The van der Waals surface area contributed by atoms with Crippen LogP contribution in [0.25, 0.3) is 0 Å². The minimum absolute atomic E-state index is 0.0199. The van der Waals surface area contributed by atoms with Crippen molar-refractivity contribution in [2.24, 2.45) is 11.3 Å². The maximum absolute atomic E-state index is 12.3. The highest BCUT2D eigenvalue weighted by molar-refractivity contribution is 6.29. The lowest BCUT2D eigenvalue weighted by atomic mass is 9.77. The predicted octanol–water partition coefficient (Wildman–Crippen LogP) is 5.53. The van der Waals surface area contributed by atoms with E-state index in [9.17, 15) is 4.79 Å². The SMILES string of the molecule is C=C1/C(=C\C=C(\Cl)CC)CCCC12CC2C(=O)OC(C)(C)C. The first-order chi connectivity index (χ1) is 10.2. The highest BCUT2D eigenvalue weighted by atomic mass is 35.5. The van der Waals surface area contributed by atoms with Crippen molar-refractivity contribution in [3.8, 4) is 0 Å². The van der Waals surface area contributed by atoms with E-state index in [-0.39, 0.29) is 17.3 Å². The summed E-state index contributed by atoms with van der Waals surface area (Å²) in [4.78, 5) is 12.3. The molecule has 3 heteroatoms. The van der Waals surface area contributed by atoms with Crippen LogP contribution in [0.5, 0.6) is 0 Å². The summed E-state index contributed by atoms with van der Waals surface area (Å²) >= 11 is 6.08. The second-order valence-corrected chi connectivity index (χ2v) is 7.92. The molecule has 0 aromatic rings. The number of allylic oxidation sites excluding steroid dienone is 5. The number of carbonyl (C=O) groups is 1. The molecule has 1 spiro atoms. The third-order valence-corrected chi connectivity index (χ3v) is 5.02. The molecule has 0 bridgehead atoms. The molecule has 0 amide bonds. The molecule has 2 unspecified atom stereocenters. The van der Waals surface area contributed by atoms with Crippen LogP contribution >= 0.6 is 11.6 Å². The van der Waals surface area contributed by atoms with Gasteiger partial charge in [-0.1, -0.05) is 31.2 Å². The van der Waals surface area contributed by atoms with Gasteiger partial charge in [0.1, 0.15) is 5.60 Å². The number of ether oxygens (including phenoxy) is 1. The van der Waals surface area contributed by atoms with E-state index in [4.69, 9.17) is 16.3 Å². The molecule has 2 aliphatic carbocycles. The average Bonchev–Trinajstić information content (AvgIpc) is 3.14. The number of halogens is 1. The molecule has 2 fully saturated rings. The smallest absolute Gasteiger partial charge is 0.310 e. The van der Waals surface area contributed by atoms with Crippen molar-refractivity contribution in [2.75, 3.05) is 0 Å². The number of carbonyl (C=O) groups excluding carboxylic acids is 1. The van der Waals surface area contributed by atoms with Gasteiger partial charge >= 0.3 is 5.97 Å². The monoisotopic (exact) mass is 322 g/mol. The van der Waals surface area contributed by atoms with Crippen molar-refractivity contribution in [3.05, 3.63) is 34.9 Å². The van der Waals surface area contributed by atoms with Gasteiger partial charge in [0.05, 0.1) is 5.92 Å². The summed E-state index contributed by atoms with van der Waals surface area (Å²) in [5.74, 6) is -0.0921. The molecule has 2 nitrogen and oxygen atoms in total. The van der Waals surface area contributed by atoms with E-state index >= 15 is 0 Å². The zero-order valence-corrected chi connectivity index (χ0v) is 14.9. The van der Waals surface area contributed by atoms with Crippen LogP contribution in [0.15, 0.2) is 34.9 Å². The predicted molar refractivity (Wildman–Crippen MR) is 91.7 cm³/mol. The van der Waals surface area contributed by atoms with Gasteiger partial charge in [-0.15, -0.1) is 0 Å². The Labute approximate surface area is 139 Å². The fourth-order valence-electron chi connectivity index (χ4n) is 3.31. The maximum Gasteiger partial charge on any atom is 0.310 e. The standard InChI is InChI=1S/C19H27ClO2/c1-6-15(20)10-9-14-8-7-11-19(13(14)2)12-16(19)17(21)22-18(3,4)5/h9-10,16H,2,6-8,11-12H2,1,3-5H3/b14-9-,15-10+. The summed E-state index contributed by atoms with van der Waals surface area (Å²) in [6.07, 6.45) is 8.92. The Morgan fingerprint density at radius 2 is 2.18 bits per heavy atom. The Bertz CT molecular complexity index is 536. The summed E-state index contributed by atoms with van der Waals surface area (Å²) < 4.78 is 5.56. The number of hydrogen-bond donors (Lipinski definition) is 0. The molecule has 0 aliphatic heterocycles. The van der Waals surface area contributed by atoms with Crippen molar-refractivity contribution in [3.63, 3.8) is 0 Å². The Kier molecular flexibility index (Phi) is 4.91. The highest BCUT2D eigenvalue weighted by Crippen LogP contribution is 2.65. The molecule has 0 aromatic heterocycles. The molecule has 2 aliphatic rings. The lowest BCUT2D eigenvalue weighted by Crippen LogP contribution is -2.27. The molecule has 2 rings (SSSR count). The van der Waals surface area contributed by atoms with Crippen LogP contribution < -0.4 is 0 Å². The molecule has 2 atom stereocenters. The second kappa shape index (κ2) is 6.23. The normalized spacial score (nSPS) is 30.8. The van der Waals surface area contributed by atoms with Crippen LogP contribution in [0, 0.1) is 11.3 Å². The molecule has 22 heavy (non-hydrogen) atoms. The van der Waals surface area contributed by atoms with Crippen LogP contribution in [0.2, 0.25) is 0 Å². The van der Waals surface area contributed by atoms with Crippen molar-refractivity contribution >= 4 is 17.6 Å². The summed E-state index contributed by atoms with van der Waals surface area (Å²) in [7, 11) is 0. The first-order valence-electron chi connectivity index (χ1n) is 8.17. The number of hydrogen-bond acceptors (Lipinski definition) is 2. The molecule has 0 radical (unpaired) electrons. The molecular formula is C19H27ClO2.